The van der Waals surface area contributed by atoms with Gasteiger partial charge in [-0.05, 0) is 42.8 Å². The third-order valence-electron chi connectivity index (χ3n) is 6.65. The second kappa shape index (κ2) is 11.7. The van der Waals surface area contributed by atoms with Crippen LogP contribution in [-0.4, -0.2) is 70.7 Å². The zero-order valence-electron chi connectivity index (χ0n) is 21.7. The van der Waals surface area contributed by atoms with Crippen molar-refractivity contribution >= 4 is 17.6 Å². The predicted octanol–water partition coefficient (Wildman–Crippen LogP) is 4.55. The van der Waals surface area contributed by atoms with Gasteiger partial charge in [-0.1, -0.05) is 19.1 Å². The van der Waals surface area contributed by atoms with Gasteiger partial charge in [-0.2, -0.15) is 0 Å². The monoisotopic (exact) mass is 542 g/mol. The van der Waals surface area contributed by atoms with Crippen LogP contribution < -0.4 is 10.1 Å². The quantitative estimate of drug-likeness (QED) is 0.477. The van der Waals surface area contributed by atoms with Crippen LogP contribution in [-0.2, 0) is 0 Å². The minimum atomic E-state index is -0.784. The summed E-state index contributed by atoms with van der Waals surface area (Å²) in [6.45, 7) is 3.48. The molecule has 0 saturated carbocycles. The fraction of sp³-hybridized carbons (Fsp3) is 0.321. The second-order valence-electron chi connectivity index (χ2n) is 9.64. The highest BCUT2D eigenvalue weighted by Crippen LogP contribution is 2.30. The van der Waals surface area contributed by atoms with Gasteiger partial charge in [-0.25, -0.2) is 22.9 Å². The van der Waals surface area contributed by atoms with Crippen molar-refractivity contribution in [3.05, 3.63) is 77.7 Å². The average molecular weight is 543 g/mol. The topological polar surface area (TPSA) is 95.0 Å². The van der Waals surface area contributed by atoms with Crippen molar-refractivity contribution in [1.29, 1.82) is 0 Å². The lowest BCUT2D eigenvalue weighted by atomic mass is 9.99. The first-order valence-electron chi connectivity index (χ1n) is 12.4. The van der Waals surface area contributed by atoms with E-state index in [1.807, 2.05) is 6.92 Å². The van der Waals surface area contributed by atoms with Crippen molar-refractivity contribution in [2.45, 2.75) is 26.0 Å². The number of carbonyl (C=O) groups excluding carboxylic acids is 2. The highest BCUT2D eigenvalue weighted by Gasteiger charge is 2.35. The van der Waals surface area contributed by atoms with E-state index in [1.54, 1.807) is 25.1 Å². The van der Waals surface area contributed by atoms with E-state index in [-0.39, 0.29) is 42.7 Å². The highest BCUT2D eigenvalue weighted by atomic mass is 19.1. The van der Waals surface area contributed by atoms with Gasteiger partial charge in [0.15, 0.2) is 0 Å². The van der Waals surface area contributed by atoms with E-state index in [0.29, 0.717) is 11.1 Å². The van der Waals surface area contributed by atoms with E-state index in [4.69, 9.17) is 4.74 Å². The number of aromatic nitrogens is 1. The number of hydrogen-bond donors (Lipinski definition) is 2. The summed E-state index contributed by atoms with van der Waals surface area (Å²) in [4.78, 5) is 33.5. The van der Waals surface area contributed by atoms with Crippen molar-refractivity contribution in [1.82, 2.24) is 14.8 Å². The van der Waals surface area contributed by atoms with Gasteiger partial charge in [-0.15, -0.1) is 0 Å². The third kappa shape index (κ3) is 6.31. The molecule has 2 aromatic carbocycles. The number of nitrogens with one attached hydrogen (secondary N) is 1. The fourth-order valence-corrected chi connectivity index (χ4v) is 4.30. The van der Waals surface area contributed by atoms with E-state index in [0.717, 1.165) is 18.2 Å². The van der Waals surface area contributed by atoms with Gasteiger partial charge in [0, 0.05) is 37.3 Å². The zero-order chi connectivity index (χ0) is 28.3. The normalized spacial score (nSPS) is 17.9. The molecule has 8 nitrogen and oxygen atoms in total. The maximum absolute atomic E-state index is 14.0. The summed E-state index contributed by atoms with van der Waals surface area (Å²) in [5.74, 6) is -2.62. The first kappa shape index (κ1) is 27.9. The van der Waals surface area contributed by atoms with Gasteiger partial charge in [-0.3, -0.25) is 4.79 Å². The third-order valence-corrected chi connectivity index (χ3v) is 6.65. The number of hydrogen-bond acceptors (Lipinski definition) is 5. The van der Waals surface area contributed by atoms with Gasteiger partial charge in [0.25, 0.3) is 5.91 Å². The Hall–Kier alpha value is -4.12. The minimum Gasteiger partial charge on any atom is -0.472 e. The summed E-state index contributed by atoms with van der Waals surface area (Å²) in [7, 11) is 1.47. The Bertz CT molecular complexity index is 1370. The number of ether oxygens (including phenoxy) is 1. The second-order valence-corrected chi connectivity index (χ2v) is 9.64. The molecule has 1 aliphatic heterocycles. The molecule has 11 heteroatoms. The Morgan fingerprint density at radius 3 is 2.64 bits per heavy atom. The lowest BCUT2D eigenvalue weighted by Crippen LogP contribution is -2.50. The number of halogens is 3. The number of rotatable bonds is 6. The molecular weight excluding hydrogens is 513 g/mol. The minimum absolute atomic E-state index is 0.0201. The summed E-state index contributed by atoms with van der Waals surface area (Å²) in [5, 5.41) is 12.2. The molecule has 2 heterocycles. The molecule has 3 aromatic rings. The Kier molecular flexibility index (Phi) is 8.39. The molecule has 0 unspecified atom stereocenters. The van der Waals surface area contributed by atoms with Crippen LogP contribution in [0.25, 0.3) is 11.1 Å². The lowest BCUT2D eigenvalue weighted by molar-refractivity contribution is 0.0356. The molecule has 2 N–H and O–H groups in total. The number of anilines is 1. The molecule has 1 aromatic heterocycles. The Labute approximate surface area is 224 Å². The smallest absolute Gasteiger partial charge is 0.321 e. The Balaban J connectivity index is 1.63. The van der Waals surface area contributed by atoms with E-state index >= 15 is 0 Å². The summed E-state index contributed by atoms with van der Waals surface area (Å²) in [5.41, 5.74) is 0.847. The van der Waals surface area contributed by atoms with Gasteiger partial charge in [0.05, 0.1) is 24.9 Å². The number of aliphatic hydroxyl groups is 1. The number of fused-ring (bicyclic) bond motifs is 1. The fourth-order valence-electron chi connectivity index (χ4n) is 4.30. The van der Waals surface area contributed by atoms with Gasteiger partial charge >= 0.3 is 6.03 Å². The first-order chi connectivity index (χ1) is 18.6. The van der Waals surface area contributed by atoms with Crippen LogP contribution in [0.4, 0.5) is 23.7 Å². The SMILES string of the molecule is C[C@H](CO)N1C[C@H](C)[C@H](CN(C)C(=O)Nc2cc(F)ccc2F)Oc2ncc(-c3cccc(F)c3)cc2C1=O. The summed E-state index contributed by atoms with van der Waals surface area (Å²) < 4.78 is 47.6. The average Bonchev–Trinajstić information content (AvgIpc) is 2.91. The number of urea groups is 1. The number of aliphatic hydroxyl groups excluding tert-OH is 1. The van der Waals surface area contributed by atoms with E-state index in [1.165, 1.54) is 35.2 Å². The highest BCUT2D eigenvalue weighted by molar-refractivity contribution is 5.98. The van der Waals surface area contributed by atoms with Crippen LogP contribution in [0.1, 0.15) is 24.2 Å². The number of carbonyl (C=O) groups is 2. The van der Waals surface area contributed by atoms with E-state index in [2.05, 4.69) is 10.3 Å². The molecule has 3 amide bonds. The maximum Gasteiger partial charge on any atom is 0.321 e. The number of amides is 3. The molecule has 39 heavy (non-hydrogen) atoms. The van der Waals surface area contributed by atoms with E-state index < -0.39 is 41.5 Å². The van der Waals surface area contributed by atoms with Crippen LogP contribution in [0.2, 0.25) is 0 Å². The van der Waals surface area contributed by atoms with Gasteiger partial charge < -0.3 is 25.0 Å². The van der Waals surface area contributed by atoms with Crippen LogP contribution in [0.15, 0.2) is 54.7 Å². The molecule has 206 valence electrons. The number of likely N-dealkylation sites (N-methyl/N-ethyl adjacent to an activating group) is 1. The van der Waals surface area contributed by atoms with Crippen LogP contribution in [0.3, 0.4) is 0 Å². The molecule has 0 spiro atoms. The van der Waals surface area contributed by atoms with Crippen molar-refractivity contribution < 1.29 is 32.6 Å². The predicted molar refractivity (Wildman–Crippen MR) is 139 cm³/mol. The van der Waals surface area contributed by atoms with Gasteiger partial charge in [0.1, 0.15) is 29.1 Å². The number of pyridine rings is 1. The number of nitrogens with zero attached hydrogens (tertiary/aromatic N) is 3. The molecule has 0 bridgehead atoms. The molecule has 0 fully saturated rings. The van der Waals surface area contributed by atoms with Crippen molar-refractivity contribution in [2.24, 2.45) is 5.92 Å². The Morgan fingerprint density at radius 1 is 1.18 bits per heavy atom. The van der Waals surface area contributed by atoms with Crippen LogP contribution in [0.5, 0.6) is 5.88 Å². The number of benzene rings is 2. The maximum atomic E-state index is 14.0. The molecule has 0 aliphatic carbocycles. The molecule has 3 atom stereocenters. The summed E-state index contributed by atoms with van der Waals surface area (Å²) in [6, 6.07) is 8.96. The lowest BCUT2D eigenvalue weighted by Gasteiger charge is -2.37. The first-order valence-corrected chi connectivity index (χ1v) is 12.4. The summed E-state index contributed by atoms with van der Waals surface area (Å²) >= 11 is 0. The van der Waals surface area contributed by atoms with Crippen LogP contribution >= 0.6 is 0 Å². The molecule has 0 saturated heterocycles. The van der Waals surface area contributed by atoms with Gasteiger partial charge in [0.2, 0.25) is 5.88 Å². The van der Waals surface area contributed by atoms with Crippen molar-refractivity contribution in [2.75, 3.05) is 32.1 Å². The van der Waals surface area contributed by atoms with Crippen molar-refractivity contribution in [3.8, 4) is 17.0 Å². The Morgan fingerprint density at radius 2 is 1.92 bits per heavy atom. The van der Waals surface area contributed by atoms with Crippen molar-refractivity contribution in [3.63, 3.8) is 0 Å². The molecule has 1 aliphatic rings. The summed E-state index contributed by atoms with van der Waals surface area (Å²) in [6.07, 6.45) is 0.804. The molecular formula is C28H29F3N4O4. The largest absolute Gasteiger partial charge is 0.472 e. The van der Waals surface area contributed by atoms with E-state index in [9.17, 15) is 27.9 Å². The van der Waals surface area contributed by atoms with Crippen LogP contribution in [0, 0.1) is 23.4 Å². The molecule has 0 radical (unpaired) electrons. The standard InChI is InChI=1S/C28H29F3N4O4/c1-16-13-35(17(2)15-36)27(37)22-10-19(18-5-4-6-20(29)9-18)12-32-26(22)39-25(16)14-34(3)28(38)33-24-11-21(30)7-8-23(24)31/h4-12,16-17,25,36H,13-15H2,1-3H3,(H,33,38)/t16-,17+,25-/m0/s1. The molecule has 4 rings (SSSR count). The zero-order valence-corrected chi connectivity index (χ0v) is 21.7.